The molecule has 0 aliphatic rings. The van der Waals surface area contributed by atoms with Gasteiger partial charge in [-0.3, -0.25) is 4.90 Å². The van der Waals surface area contributed by atoms with E-state index in [2.05, 4.69) is 0 Å². The van der Waals surface area contributed by atoms with Crippen LogP contribution in [0.1, 0.15) is 45.6 Å². The van der Waals surface area contributed by atoms with Gasteiger partial charge in [0.2, 0.25) is 0 Å². The molecule has 0 aliphatic heterocycles. The third kappa shape index (κ3) is 7.24. The Balaban J connectivity index is 2.90. The van der Waals surface area contributed by atoms with Gasteiger partial charge < -0.3 is 9.47 Å². The van der Waals surface area contributed by atoms with E-state index in [4.69, 9.17) is 21.1 Å². The Morgan fingerprint density at radius 1 is 1.12 bits per heavy atom. The fourth-order valence-electron chi connectivity index (χ4n) is 2.64. The third-order valence-electron chi connectivity index (χ3n) is 4.27. The van der Waals surface area contributed by atoms with E-state index < -0.39 is 12.1 Å². The molecule has 1 amide bonds. The fraction of sp³-hybridized carbons (Fsp3) is 0.600. The molecule has 2 atom stereocenters. The maximum absolute atomic E-state index is 12.7. The summed E-state index contributed by atoms with van der Waals surface area (Å²) in [7, 11) is 0. The summed E-state index contributed by atoms with van der Waals surface area (Å²) < 4.78 is 10.7. The molecular weight excluding hydrogens is 354 g/mol. The van der Waals surface area contributed by atoms with Gasteiger partial charge in [0.15, 0.2) is 0 Å². The van der Waals surface area contributed by atoms with E-state index in [0.717, 1.165) is 18.4 Å². The lowest BCUT2D eigenvalue weighted by Gasteiger charge is -2.33. The van der Waals surface area contributed by atoms with Crippen LogP contribution in [0.25, 0.3) is 0 Å². The van der Waals surface area contributed by atoms with Crippen molar-refractivity contribution in [2.24, 2.45) is 5.92 Å². The van der Waals surface area contributed by atoms with Crippen LogP contribution in [0.5, 0.6) is 0 Å². The van der Waals surface area contributed by atoms with Crippen molar-refractivity contribution in [2.45, 2.75) is 52.7 Å². The molecule has 6 heteroatoms. The van der Waals surface area contributed by atoms with Crippen molar-refractivity contribution in [1.29, 1.82) is 0 Å². The number of amides is 1. The van der Waals surface area contributed by atoms with Gasteiger partial charge in [-0.15, -0.1) is 11.6 Å². The quantitative estimate of drug-likeness (QED) is 0.318. The van der Waals surface area contributed by atoms with E-state index in [9.17, 15) is 9.59 Å². The number of hydrogen-bond acceptors (Lipinski definition) is 4. The van der Waals surface area contributed by atoms with E-state index >= 15 is 0 Å². The monoisotopic (exact) mass is 383 g/mol. The number of alkyl halides is 1. The van der Waals surface area contributed by atoms with Crippen LogP contribution in [0.4, 0.5) is 4.79 Å². The summed E-state index contributed by atoms with van der Waals surface area (Å²) in [4.78, 5) is 26.7. The first kappa shape index (κ1) is 22.3. The molecule has 0 unspecified atom stereocenters. The van der Waals surface area contributed by atoms with Crippen LogP contribution in [0.15, 0.2) is 30.3 Å². The lowest BCUT2D eigenvalue weighted by molar-refractivity contribution is -0.151. The van der Waals surface area contributed by atoms with Gasteiger partial charge in [0.25, 0.3) is 0 Å². The molecule has 0 saturated carbocycles. The first-order valence-corrected chi connectivity index (χ1v) is 9.78. The molecule has 0 heterocycles. The van der Waals surface area contributed by atoms with Gasteiger partial charge in [-0.25, -0.2) is 9.59 Å². The maximum atomic E-state index is 12.7. The SMILES string of the molecule is CCOC(=O)[C@H]([C@@H](C)CC)N(CCCCCl)C(=O)OCc1ccccc1. The zero-order chi connectivity index (χ0) is 19.4. The van der Waals surface area contributed by atoms with Gasteiger partial charge in [-0.2, -0.15) is 0 Å². The summed E-state index contributed by atoms with van der Waals surface area (Å²) in [6, 6.07) is 8.82. The van der Waals surface area contributed by atoms with Crippen molar-refractivity contribution in [1.82, 2.24) is 4.90 Å². The summed E-state index contributed by atoms with van der Waals surface area (Å²) in [6.45, 7) is 6.55. The van der Waals surface area contributed by atoms with Crippen molar-refractivity contribution >= 4 is 23.7 Å². The van der Waals surface area contributed by atoms with Gasteiger partial charge >= 0.3 is 12.1 Å². The molecule has 1 aromatic rings. The van der Waals surface area contributed by atoms with Crippen molar-refractivity contribution in [3.8, 4) is 0 Å². The van der Waals surface area contributed by atoms with Gasteiger partial charge in [-0.1, -0.05) is 50.6 Å². The second-order valence-electron chi connectivity index (χ2n) is 6.21. The molecule has 0 fully saturated rings. The number of rotatable bonds is 11. The smallest absolute Gasteiger partial charge is 0.410 e. The topological polar surface area (TPSA) is 55.8 Å². The molecule has 26 heavy (non-hydrogen) atoms. The maximum Gasteiger partial charge on any atom is 0.410 e. The number of carbonyl (C=O) groups excluding carboxylic acids is 2. The minimum atomic E-state index is -0.654. The fourth-order valence-corrected chi connectivity index (χ4v) is 2.83. The molecule has 1 rings (SSSR count). The molecule has 0 aromatic heterocycles. The molecule has 0 radical (unpaired) electrons. The minimum absolute atomic E-state index is 0.0330. The number of esters is 1. The van der Waals surface area contributed by atoms with Gasteiger partial charge in [0.05, 0.1) is 6.61 Å². The number of carbonyl (C=O) groups is 2. The molecule has 0 bridgehead atoms. The van der Waals surface area contributed by atoms with Crippen LogP contribution in [0, 0.1) is 5.92 Å². The highest BCUT2D eigenvalue weighted by atomic mass is 35.5. The second kappa shape index (κ2) is 12.6. The Labute approximate surface area is 161 Å². The Bertz CT molecular complexity index is 538. The second-order valence-corrected chi connectivity index (χ2v) is 6.59. The number of ether oxygens (including phenoxy) is 2. The van der Waals surface area contributed by atoms with Gasteiger partial charge in [0, 0.05) is 12.4 Å². The van der Waals surface area contributed by atoms with Crippen molar-refractivity contribution in [3.05, 3.63) is 35.9 Å². The average molecular weight is 384 g/mol. The number of nitrogens with zero attached hydrogens (tertiary/aromatic N) is 1. The van der Waals surface area contributed by atoms with Crippen LogP contribution >= 0.6 is 11.6 Å². The molecule has 146 valence electrons. The summed E-state index contributed by atoms with van der Waals surface area (Å²) in [5.74, 6) is 0.0963. The predicted octanol–water partition coefficient (Wildman–Crippen LogP) is 4.62. The Morgan fingerprint density at radius 3 is 2.38 bits per heavy atom. The Hall–Kier alpha value is -1.75. The normalized spacial score (nSPS) is 12.9. The van der Waals surface area contributed by atoms with Crippen molar-refractivity contribution < 1.29 is 19.1 Å². The number of halogens is 1. The van der Waals surface area contributed by atoms with E-state index in [-0.39, 0.29) is 25.1 Å². The number of benzene rings is 1. The van der Waals surface area contributed by atoms with E-state index in [1.165, 1.54) is 4.90 Å². The Kier molecular flexibility index (Phi) is 10.8. The first-order chi connectivity index (χ1) is 12.5. The van der Waals surface area contributed by atoms with Gasteiger partial charge in [-0.05, 0) is 31.2 Å². The summed E-state index contributed by atoms with van der Waals surface area (Å²) >= 11 is 5.76. The molecule has 0 saturated heterocycles. The summed E-state index contributed by atoms with van der Waals surface area (Å²) in [5.41, 5.74) is 0.901. The molecule has 0 N–H and O–H groups in total. The zero-order valence-corrected chi connectivity index (χ0v) is 16.7. The van der Waals surface area contributed by atoms with Gasteiger partial charge in [0.1, 0.15) is 12.6 Å². The molecule has 0 spiro atoms. The summed E-state index contributed by atoms with van der Waals surface area (Å²) in [6.07, 6.45) is 1.72. The number of unbranched alkanes of at least 4 members (excludes halogenated alkanes) is 1. The highest BCUT2D eigenvalue weighted by Crippen LogP contribution is 2.19. The summed E-state index contributed by atoms with van der Waals surface area (Å²) in [5, 5.41) is 0. The van der Waals surface area contributed by atoms with E-state index in [1.807, 2.05) is 44.2 Å². The van der Waals surface area contributed by atoms with E-state index in [1.54, 1.807) is 6.92 Å². The van der Waals surface area contributed by atoms with E-state index in [0.29, 0.717) is 18.8 Å². The molecule has 5 nitrogen and oxygen atoms in total. The van der Waals surface area contributed by atoms with Crippen LogP contribution in [0.2, 0.25) is 0 Å². The third-order valence-corrected chi connectivity index (χ3v) is 4.54. The average Bonchev–Trinajstić information content (AvgIpc) is 2.66. The molecular formula is C20H30ClNO4. The van der Waals surface area contributed by atoms with Crippen molar-refractivity contribution in [3.63, 3.8) is 0 Å². The van der Waals surface area contributed by atoms with Crippen LogP contribution in [0.3, 0.4) is 0 Å². The van der Waals surface area contributed by atoms with Crippen LogP contribution in [-0.4, -0.2) is 42.0 Å². The lowest BCUT2D eigenvalue weighted by atomic mass is 9.97. The highest BCUT2D eigenvalue weighted by Gasteiger charge is 2.35. The standard InChI is InChI=1S/C20H30ClNO4/c1-4-16(3)18(19(23)25-5-2)22(14-10-9-13-21)20(24)26-15-17-11-7-6-8-12-17/h6-8,11-12,16,18H,4-5,9-10,13-15H2,1-3H3/t16-,18-/m0/s1. The Morgan fingerprint density at radius 2 is 1.81 bits per heavy atom. The highest BCUT2D eigenvalue weighted by molar-refractivity contribution is 6.17. The molecule has 1 aromatic carbocycles. The molecule has 0 aliphatic carbocycles. The first-order valence-electron chi connectivity index (χ1n) is 9.25. The number of hydrogen-bond donors (Lipinski definition) is 0. The van der Waals surface area contributed by atoms with Crippen molar-refractivity contribution in [2.75, 3.05) is 19.0 Å². The predicted molar refractivity (Wildman–Crippen MR) is 103 cm³/mol. The zero-order valence-electron chi connectivity index (χ0n) is 15.9. The lowest BCUT2D eigenvalue weighted by Crippen LogP contribution is -2.50. The largest absolute Gasteiger partial charge is 0.464 e. The van der Waals surface area contributed by atoms with Crippen LogP contribution < -0.4 is 0 Å². The van der Waals surface area contributed by atoms with Crippen LogP contribution in [-0.2, 0) is 20.9 Å². The minimum Gasteiger partial charge on any atom is -0.464 e.